The maximum atomic E-state index is 12.2. The van der Waals surface area contributed by atoms with E-state index in [2.05, 4.69) is 71.4 Å². The number of nitrogens with one attached hydrogen (secondary N) is 2. The number of nitrogens with zero attached hydrogens (tertiary/aromatic N) is 8. The fraction of sp³-hybridized carbons (Fsp3) is 0.395. The number of piperazine rings is 1. The van der Waals surface area contributed by atoms with Gasteiger partial charge in [0.2, 0.25) is 5.91 Å². The standard InChI is InChI=1S/C38H43ClN10O3/c1-24-30(22-46(3)44-24)36-42-34-35(31(39)20-40-37(34)43-36)52-29-10-4-26(5-11-29)32-23-47(19-18-45(32)2)21-25-12-15-48(16-13-25)27-6-8-28(9-7-27)49-17-14-33(50)41-38(49)51/h4-11,20,22,25,32H,12-19,21,23H2,1-3H3,(H,40,42,43)(H,41,50,51)/t32-/m0/s1. The maximum Gasteiger partial charge on any atom is 0.328 e. The summed E-state index contributed by atoms with van der Waals surface area (Å²) < 4.78 is 8.12. The number of piperidine rings is 1. The minimum absolute atomic E-state index is 0.218. The number of hydrogen-bond acceptors (Lipinski definition) is 9. The molecular formula is C38H43ClN10O3. The number of halogens is 1. The number of benzene rings is 2. The molecular weight excluding hydrogens is 680 g/mol. The highest BCUT2D eigenvalue weighted by atomic mass is 35.5. The van der Waals surface area contributed by atoms with E-state index in [4.69, 9.17) is 16.3 Å². The molecule has 6 heterocycles. The van der Waals surface area contributed by atoms with Crippen molar-refractivity contribution < 1.29 is 14.3 Å². The Morgan fingerprint density at radius 1 is 0.942 bits per heavy atom. The van der Waals surface area contributed by atoms with Gasteiger partial charge in [-0.25, -0.2) is 14.8 Å². The second kappa shape index (κ2) is 14.2. The van der Waals surface area contributed by atoms with Crippen LogP contribution < -0.4 is 19.9 Å². The number of aryl methyl sites for hydroxylation is 2. The van der Waals surface area contributed by atoms with Crippen LogP contribution in [0.4, 0.5) is 16.2 Å². The number of carbonyl (C=O) groups is 2. The molecule has 3 fully saturated rings. The van der Waals surface area contributed by atoms with Crippen molar-refractivity contribution in [2.45, 2.75) is 32.2 Å². The molecule has 14 heteroatoms. The number of aromatic amines is 1. The Kier molecular flexibility index (Phi) is 9.32. The smallest absolute Gasteiger partial charge is 0.328 e. The molecule has 270 valence electrons. The molecule has 0 radical (unpaired) electrons. The number of hydrogen-bond donors (Lipinski definition) is 2. The number of aromatic nitrogens is 5. The molecule has 3 amide bonds. The maximum absolute atomic E-state index is 12.2. The van der Waals surface area contributed by atoms with Gasteiger partial charge in [0.05, 0.1) is 17.5 Å². The van der Waals surface area contributed by atoms with Gasteiger partial charge in [-0.3, -0.25) is 29.5 Å². The van der Waals surface area contributed by atoms with Gasteiger partial charge in [-0.1, -0.05) is 23.7 Å². The van der Waals surface area contributed by atoms with Crippen LogP contribution in [0, 0.1) is 12.8 Å². The minimum Gasteiger partial charge on any atom is -0.453 e. The highest BCUT2D eigenvalue weighted by Crippen LogP contribution is 2.37. The van der Waals surface area contributed by atoms with Gasteiger partial charge in [0.1, 0.15) is 22.1 Å². The first-order valence-corrected chi connectivity index (χ1v) is 18.3. The van der Waals surface area contributed by atoms with Crippen LogP contribution in [-0.2, 0) is 11.8 Å². The Hall–Kier alpha value is -4.98. The zero-order valence-corrected chi connectivity index (χ0v) is 30.4. The molecule has 0 bridgehead atoms. The van der Waals surface area contributed by atoms with Gasteiger partial charge in [0.15, 0.2) is 11.4 Å². The van der Waals surface area contributed by atoms with E-state index < -0.39 is 0 Å². The van der Waals surface area contributed by atoms with E-state index in [0.29, 0.717) is 52.4 Å². The molecule has 3 aromatic heterocycles. The number of anilines is 2. The molecule has 0 saturated carbocycles. The molecule has 13 nitrogen and oxygen atoms in total. The van der Waals surface area contributed by atoms with E-state index in [1.54, 1.807) is 15.8 Å². The predicted octanol–water partition coefficient (Wildman–Crippen LogP) is 5.76. The average Bonchev–Trinajstić information content (AvgIpc) is 3.73. The summed E-state index contributed by atoms with van der Waals surface area (Å²) in [6.45, 7) is 8.54. The first-order valence-electron chi connectivity index (χ1n) is 17.9. The molecule has 0 aliphatic carbocycles. The third-order valence-electron chi connectivity index (χ3n) is 10.6. The highest BCUT2D eigenvalue weighted by molar-refractivity contribution is 6.32. The summed E-state index contributed by atoms with van der Waals surface area (Å²) in [7, 11) is 4.09. The SMILES string of the molecule is Cc1nn(C)cc1-c1nc2ncc(Cl)c(Oc3ccc([C@@H]4CN(CC5CCN(c6ccc(N7CCC(=O)NC7=O)cc6)CC5)CCN4C)cc3)c2[nH]1. The molecule has 1 atom stereocenters. The number of likely N-dealkylation sites (N-methyl/N-ethyl adjacent to an activating group) is 1. The number of H-pyrrole nitrogens is 1. The van der Waals surface area contributed by atoms with Gasteiger partial charge < -0.3 is 14.6 Å². The summed E-state index contributed by atoms with van der Waals surface area (Å²) in [4.78, 5) is 45.3. The largest absolute Gasteiger partial charge is 0.453 e. The fourth-order valence-electron chi connectivity index (χ4n) is 7.70. The van der Waals surface area contributed by atoms with Crippen molar-refractivity contribution in [2.75, 3.05) is 62.7 Å². The van der Waals surface area contributed by atoms with Crippen molar-refractivity contribution in [3.05, 3.63) is 77.2 Å². The second-order valence-electron chi connectivity index (χ2n) is 14.1. The van der Waals surface area contributed by atoms with Gasteiger partial charge >= 0.3 is 6.03 Å². The van der Waals surface area contributed by atoms with E-state index in [9.17, 15) is 9.59 Å². The van der Waals surface area contributed by atoms with E-state index in [1.807, 2.05) is 44.4 Å². The number of ether oxygens (including phenoxy) is 1. The van der Waals surface area contributed by atoms with Crippen LogP contribution in [0.2, 0.25) is 5.02 Å². The Bertz CT molecular complexity index is 2090. The third kappa shape index (κ3) is 6.95. The van der Waals surface area contributed by atoms with Gasteiger partial charge in [0.25, 0.3) is 0 Å². The van der Waals surface area contributed by atoms with Crippen LogP contribution in [0.3, 0.4) is 0 Å². The van der Waals surface area contributed by atoms with E-state index in [0.717, 1.165) is 69.1 Å². The van der Waals surface area contributed by atoms with Gasteiger partial charge in [-0.2, -0.15) is 5.10 Å². The number of amides is 3. The number of urea groups is 1. The number of rotatable bonds is 8. The van der Waals surface area contributed by atoms with E-state index >= 15 is 0 Å². The van der Waals surface area contributed by atoms with E-state index in [1.165, 1.54) is 11.3 Å². The van der Waals surface area contributed by atoms with Gasteiger partial charge in [-0.05, 0) is 74.7 Å². The summed E-state index contributed by atoms with van der Waals surface area (Å²) in [6, 6.07) is 16.4. The Morgan fingerprint density at radius 2 is 1.69 bits per heavy atom. The lowest BCUT2D eigenvalue weighted by Crippen LogP contribution is -2.49. The quantitative estimate of drug-likeness (QED) is 0.205. The molecule has 0 unspecified atom stereocenters. The molecule has 8 rings (SSSR count). The Morgan fingerprint density at radius 3 is 2.40 bits per heavy atom. The second-order valence-corrected chi connectivity index (χ2v) is 14.6. The van der Waals surface area contributed by atoms with Gasteiger partial charge in [-0.15, -0.1) is 0 Å². The lowest BCUT2D eigenvalue weighted by molar-refractivity contribution is -0.120. The summed E-state index contributed by atoms with van der Waals surface area (Å²) >= 11 is 6.60. The monoisotopic (exact) mass is 722 g/mol. The number of imidazole rings is 1. The summed E-state index contributed by atoms with van der Waals surface area (Å²) in [6.07, 6.45) is 6.11. The van der Waals surface area contributed by atoms with Crippen molar-refractivity contribution in [1.29, 1.82) is 0 Å². The summed E-state index contributed by atoms with van der Waals surface area (Å²) in [5.41, 5.74) is 6.19. The first kappa shape index (κ1) is 34.1. The topological polar surface area (TPSA) is 128 Å². The highest BCUT2D eigenvalue weighted by Gasteiger charge is 2.29. The van der Waals surface area contributed by atoms with Crippen molar-refractivity contribution in [1.82, 2.24) is 39.8 Å². The first-order chi connectivity index (χ1) is 25.2. The number of fused-ring (bicyclic) bond motifs is 1. The van der Waals surface area contributed by atoms with Crippen LogP contribution in [0.25, 0.3) is 22.6 Å². The van der Waals surface area contributed by atoms with Crippen molar-refractivity contribution >= 4 is 46.1 Å². The predicted molar refractivity (Wildman–Crippen MR) is 201 cm³/mol. The lowest BCUT2D eigenvalue weighted by Gasteiger charge is -2.42. The molecule has 3 saturated heterocycles. The van der Waals surface area contributed by atoms with Crippen molar-refractivity contribution in [2.24, 2.45) is 13.0 Å². The number of pyridine rings is 1. The molecule has 52 heavy (non-hydrogen) atoms. The van der Waals surface area contributed by atoms with Crippen LogP contribution >= 0.6 is 11.6 Å². The molecule has 0 spiro atoms. The molecule has 5 aromatic rings. The van der Waals surface area contributed by atoms with Crippen molar-refractivity contribution in [3.63, 3.8) is 0 Å². The van der Waals surface area contributed by atoms with Crippen molar-refractivity contribution in [3.8, 4) is 22.9 Å². The summed E-state index contributed by atoms with van der Waals surface area (Å²) in [5, 5.41) is 7.24. The minimum atomic E-state index is -0.351. The van der Waals surface area contributed by atoms with Crippen LogP contribution in [0.5, 0.6) is 11.5 Å². The molecule has 2 aromatic carbocycles. The molecule has 3 aliphatic heterocycles. The van der Waals surface area contributed by atoms with Crippen LogP contribution in [0.1, 0.15) is 36.6 Å². The zero-order valence-electron chi connectivity index (χ0n) is 29.7. The van der Waals surface area contributed by atoms with Crippen LogP contribution in [0.15, 0.2) is 60.9 Å². The Labute approximate surface area is 307 Å². The number of imide groups is 1. The fourth-order valence-corrected chi connectivity index (χ4v) is 7.88. The van der Waals surface area contributed by atoms with Crippen LogP contribution in [-0.4, -0.2) is 99.3 Å². The van der Waals surface area contributed by atoms with Gasteiger partial charge in [0, 0.05) is 82.9 Å². The normalized spacial score (nSPS) is 19.4. The lowest BCUT2D eigenvalue weighted by atomic mass is 9.94. The van der Waals surface area contributed by atoms with E-state index in [-0.39, 0.29) is 18.0 Å². The number of carbonyl (C=O) groups excluding carboxylic acids is 2. The summed E-state index contributed by atoms with van der Waals surface area (Å²) in [5.74, 6) is 2.29. The Balaban J connectivity index is 0.871. The zero-order chi connectivity index (χ0) is 35.9. The third-order valence-corrected chi connectivity index (χ3v) is 10.9. The molecule has 3 aliphatic rings. The molecule has 2 N–H and O–H groups in total. The average molecular weight is 723 g/mol.